The first-order valence-corrected chi connectivity index (χ1v) is 6.61. The van der Waals surface area contributed by atoms with Crippen LogP contribution in [0, 0.1) is 0 Å². The molecule has 19 heavy (non-hydrogen) atoms. The Kier molecular flexibility index (Phi) is 5.13. The summed E-state index contributed by atoms with van der Waals surface area (Å²) in [5.41, 5.74) is 2.27. The van der Waals surface area contributed by atoms with Crippen molar-refractivity contribution in [2.24, 2.45) is 0 Å². The van der Waals surface area contributed by atoms with Gasteiger partial charge in [-0.25, -0.2) is 0 Å². The highest BCUT2D eigenvalue weighted by Crippen LogP contribution is 2.24. The summed E-state index contributed by atoms with van der Waals surface area (Å²) in [6, 6.07) is 17.3. The molecule has 2 nitrogen and oxygen atoms in total. The molecular formula is C15H13Cl2NO. The van der Waals surface area contributed by atoms with E-state index in [2.05, 4.69) is 5.32 Å². The number of ether oxygens (including phenoxy) is 1. The Bertz CT molecular complexity index is 555. The van der Waals surface area contributed by atoms with Crippen LogP contribution >= 0.6 is 23.2 Å². The van der Waals surface area contributed by atoms with Crippen LogP contribution in [0.4, 0.5) is 5.69 Å². The predicted molar refractivity (Wildman–Crippen MR) is 81.2 cm³/mol. The van der Waals surface area contributed by atoms with Crippen LogP contribution in [0.15, 0.2) is 65.2 Å². The highest BCUT2D eigenvalue weighted by molar-refractivity contribution is 6.36. The van der Waals surface area contributed by atoms with E-state index in [9.17, 15) is 0 Å². The molecule has 2 aromatic carbocycles. The quantitative estimate of drug-likeness (QED) is 0.817. The van der Waals surface area contributed by atoms with Crippen molar-refractivity contribution in [1.82, 2.24) is 0 Å². The second kappa shape index (κ2) is 7.07. The van der Waals surface area contributed by atoms with Gasteiger partial charge in [-0.2, -0.15) is 0 Å². The van der Waals surface area contributed by atoms with E-state index in [1.165, 1.54) is 5.54 Å². The number of benzene rings is 2. The molecule has 0 atom stereocenters. The van der Waals surface area contributed by atoms with Crippen molar-refractivity contribution in [3.63, 3.8) is 0 Å². The van der Waals surface area contributed by atoms with Crippen LogP contribution in [0.5, 0.6) is 11.5 Å². The SMILES string of the molecule is ClC=C(Cl)CNc1cccc(Oc2ccccc2)c1. The number of para-hydroxylation sites is 1. The Hall–Kier alpha value is -1.64. The fourth-order valence-corrected chi connectivity index (χ4v) is 1.66. The number of nitrogens with one attached hydrogen (secondary N) is 1. The van der Waals surface area contributed by atoms with E-state index >= 15 is 0 Å². The molecule has 98 valence electrons. The maximum absolute atomic E-state index is 5.82. The van der Waals surface area contributed by atoms with Crippen LogP contribution in [0.25, 0.3) is 0 Å². The lowest BCUT2D eigenvalue weighted by Crippen LogP contribution is -2.00. The average Bonchev–Trinajstić information content (AvgIpc) is 2.46. The van der Waals surface area contributed by atoms with E-state index in [4.69, 9.17) is 27.9 Å². The molecule has 0 fully saturated rings. The zero-order valence-electron chi connectivity index (χ0n) is 10.1. The third kappa shape index (κ3) is 4.51. The Balaban J connectivity index is 2.03. The molecule has 4 heteroatoms. The molecule has 1 N–H and O–H groups in total. The molecule has 0 unspecified atom stereocenters. The molecule has 0 saturated carbocycles. The maximum atomic E-state index is 5.82. The van der Waals surface area contributed by atoms with Gasteiger partial charge in [-0.15, -0.1) is 0 Å². The second-order valence-electron chi connectivity index (χ2n) is 3.85. The van der Waals surface area contributed by atoms with Gasteiger partial charge in [0.05, 0.1) is 6.54 Å². The fraction of sp³-hybridized carbons (Fsp3) is 0.0667. The first-order chi connectivity index (χ1) is 9.28. The molecule has 0 radical (unpaired) electrons. The molecule has 0 saturated heterocycles. The number of halogens is 2. The largest absolute Gasteiger partial charge is 0.457 e. The molecule has 0 heterocycles. The molecule has 0 aliphatic rings. The third-order valence-electron chi connectivity index (χ3n) is 2.39. The van der Waals surface area contributed by atoms with Crippen molar-refractivity contribution in [3.05, 3.63) is 65.2 Å². The summed E-state index contributed by atoms with van der Waals surface area (Å²) in [5, 5.41) is 3.71. The molecule has 0 aliphatic carbocycles. The molecule has 0 aliphatic heterocycles. The van der Waals surface area contributed by atoms with Crippen molar-refractivity contribution in [3.8, 4) is 11.5 Å². The summed E-state index contributed by atoms with van der Waals surface area (Å²) in [7, 11) is 0. The van der Waals surface area contributed by atoms with E-state index in [-0.39, 0.29) is 0 Å². The molecule has 0 spiro atoms. The van der Waals surface area contributed by atoms with Crippen molar-refractivity contribution >= 4 is 28.9 Å². The van der Waals surface area contributed by atoms with Gasteiger partial charge in [0.2, 0.25) is 0 Å². The van der Waals surface area contributed by atoms with Gasteiger partial charge in [0.25, 0.3) is 0 Å². The summed E-state index contributed by atoms with van der Waals surface area (Å²) in [5.74, 6) is 1.57. The smallest absolute Gasteiger partial charge is 0.129 e. The first kappa shape index (κ1) is 13.8. The third-order valence-corrected chi connectivity index (χ3v) is 3.01. The highest BCUT2D eigenvalue weighted by atomic mass is 35.5. The van der Waals surface area contributed by atoms with Crippen LogP contribution in [-0.2, 0) is 0 Å². The zero-order valence-corrected chi connectivity index (χ0v) is 11.7. The number of anilines is 1. The summed E-state index contributed by atoms with van der Waals surface area (Å²) in [6.07, 6.45) is 0. The van der Waals surface area contributed by atoms with E-state index in [0.717, 1.165) is 17.2 Å². The molecule has 0 aromatic heterocycles. The van der Waals surface area contributed by atoms with E-state index < -0.39 is 0 Å². The second-order valence-corrected chi connectivity index (χ2v) is 4.56. The van der Waals surface area contributed by atoms with Crippen LogP contribution in [0.1, 0.15) is 0 Å². The lowest BCUT2D eigenvalue weighted by Gasteiger charge is -2.09. The van der Waals surface area contributed by atoms with Gasteiger partial charge >= 0.3 is 0 Å². The number of hydrogen-bond donors (Lipinski definition) is 1. The molecule has 0 amide bonds. The van der Waals surface area contributed by atoms with Crippen LogP contribution in [0.2, 0.25) is 0 Å². The number of hydrogen-bond acceptors (Lipinski definition) is 2. The van der Waals surface area contributed by atoms with Crippen molar-refractivity contribution in [2.45, 2.75) is 0 Å². The normalized spacial score (nSPS) is 11.2. The zero-order chi connectivity index (χ0) is 13.5. The highest BCUT2D eigenvalue weighted by Gasteiger charge is 1.99. The van der Waals surface area contributed by atoms with Gasteiger partial charge in [0.15, 0.2) is 0 Å². The monoisotopic (exact) mass is 293 g/mol. The Morgan fingerprint density at radius 1 is 1.05 bits per heavy atom. The van der Waals surface area contributed by atoms with Gasteiger partial charge in [-0.05, 0) is 24.3 Å². The molecule has 2 aromatic rings. The Morgan fingerprint density at radius 2 is 1.79 bits per heavy atom. The predicted octanol–water partition coefficient (Wildman–Crippen LogP) is 5.21. The van der Waals surface area contributed by atoms with Crippen LogP contribution in [-0.4, -0.2) is 6.54 Å². The van der Waals surface area contributed by atoms with E-state index in [0.29, 0.717) is 11.6 Å². The van der Waals surface area contributed by atoms with Crippen LogP contribution in [0.3, 0.4) is 0 Å². The van der Waals surface area contributed by atoms with Gasteiger partial charge in [0, 0.05) is 22.3 Å². The number of rotatable bonds is 5. The first-order valence-electron chi connectivity index (χ1n) is 5.79. The van der Waals surface area contributed by atoms with E-state index in [1.54, 1.807) is 0 Å². The molecule has 2 rings (SSSR count). The topological polar surface area (TPSA) is 21.3 Å². The van der Waals surface area contributed by atoms with Gasteiger partial charge in [-0.3, -0.25) is 0 Å². The summed E-state index contributed by atoms with van der Waals surface area (Å²) >= 11 is 11.3. The summed E-state index contributed by atoms with van der Waals surface area (Å²) in [4.78, 5) is 0. The van der Waals surface area contributed by atoms with Crippen molar-refractivity contribution in [1.29, 1.82) is 0 Å². The van der Waals surface area contributed by atoms with Crippen LogP contribution < -0.4 is 10.1 Å². The maximum Gasteiger partial charge on any atom is 0.129 e. The average molecular weight is 294 g/mol. The minimum Gasteiger partial charge on any atom is -0.457 e. The minimum atomic E-state index is 0.486. The summed E-state index contributed by atoms with van der Waals surface area (Å²) in [6.45, 7) is 0.486. The minimum absolute atomic E-state index is 0.486. The lowest BCUT2D eigenvalue weighted by atomic mass is 10.3. The van der Waals surface area contributed by atoms with E-state index in [1.807, 2.05) is 54.6 Å². The Labute approximate surface area is 122 Å². The Morgan fingerprint density at radius 3 is 2.53 bits per heavy atom. The summed E-state index contributed by atoms with van der Waals surface area (Å²) < 4.78 is 5.74. The molecule has 0 bridgehead atoms. The van der Waals surface area contributed by atoms with Gasteiger partial charge < -0.3 is 10.1 Å². The van der Waals surface area contributed by atoms with Gasteiger partial charge in [-0.1, -0.05) is 47.5 Å². The van der Waals surface area contributed by atoms with Crippen molar-refractivity contribution < 1.29 is 4.74 Å². The molecular weight excluding hydrogens is 281 g/mol. The van der Waals surface area contributed by atoms with Crippen molar-refractivity contribution in [2.75, 3.05) is 11.9 Å². The van der Waals surface area contributed by atoms with Gasteiger partial charge in [0.1, 0.15) is 11.5 Å². The lowest BCUT2D eigenvalue weighted by molar-refractivity contribution is 0.483. The fourth-order valence-electron chi connectivity index (χ4n) is 1.52. The standard InChI is InChI=1S/C15H13Cl2NO/c16-10-12(17)11-18-13-5-4-8-15(9-13)19-14-6-2-1-3-7-14/h1-10,18H,11H2.